The third kappa shape index (κ3) is 6.35. The van der Waals surface area contributed by atoms with Crippen molar-refractivity contribution in [3.63, 3.8) is 0 Å². The van der Waals surface area contributed by atoms with Gasteiger partial charge in [0.25, 0.3) is 11.8 Å². The number of rotatable bonds is 12. The van der Waals surface area contributed by atoms with Crippen LogP contribution in [-0.4, -0.2) is 63.2 Å². The molecule has 2 fully saturated rings. The van der Waals surface area contributed by atoms with Crippen molar-refractivity contribution in [2.75, 3.05) is 4.90 Å². The number of carbonyl (C=O) groups is 7. The highest BCUT2D eigenvalue weighted by Crippen LogP contribution is 2.42. The van der Waals surface area contributed by atoms with E-state index >= 15 is 0 Å². The minimum absolute atomic E-state index is 0.0776. The predicted molar refractivity (Wildman–Crippen MR) is 175 cm³/mol. The monoisotopic (exact) mass is 655 g/mol. The first-order valence-corrected chi connectivity index (χ1v) is 17.1. The molecule has 2 aromatic rings. The van der Waals surface area contributed by atoms with Crippen molar-refractivity contribution in [3.05, 3.63) is 58.7 Å². The summed E-state index contributed by atoms with van der Waals surface area (Å²) in [5.41, 5.74) is 2.90. The lowest BCUT2D eigenvalue weighted by molar-refractivity contribution is -0.138. The van der Waals surface area contributed by atoms with E-state index in [4.69, 9.17) is 0 Å². The molecule has 0 aliphatic carbocycles. The Morgan fingerprint density at radius 1 is 0.688 bits per heavy atom. The molecule has 4 heterocycles. The molecule has 2 atom stereocenters. The summed E-state index contributed by atoms with van der Waals surface area (Å²) in [6.07, 6.45) is 8.14. The van der Waals surface area contributed by atoms with E-state index < -0.39 is 23.9 Å². The smallest absolute Gasteiger partial charge is 0.255 e. The average Bonchev–Trinajstić information content (AvgIpc) is 3.58. The average molecular weight is 656 g/mol. The van der Waals surface area contributed by atoms with Gasteiger partial charge in [-0.15, -0.1) is 0 Å². The standard InChI is InChI=1S/C36H41N5O7/c1-2-3-4-5-6-7-8-15-32(44)41(26-13-9-11-22-24(26)20-39(35(22)47)28-16-18-30(42)37-33(28)45)27-14-10-12-23-25(27)21-40(36(23)48)29-17-19-31(43)38-34(29)46/h9-14,28-29H,2-8,15-21H2,1H3,(H,37,42,45)(H,38,43,46). The van der Waals surface area contributed by atoms with E-state index in [1.54, 1.807) is 41.3 Å². The number of benzene rings is 2. The van der Waals surface area contributed by atoms with Crippen LogP contribution < -0.4 is 15.5 Å². The van der Waals surface area contributed by atoms with Gasteiger partial charge in [0.2, 0.25) is 29.5 Å². The Kier molecular flexibility index (Phi) is 9.70. The first kappa shape index (κ1) is 33.0. The number of carbonyl (C=O) groups excluding carboxylic acids is 7. The van der Waals surface area contributed by atoms with Crippen LogP contribution in [0.25, 0.3) is 0 Å². The van der Waals surface area contributed by atoms with Crippen molar-refractivity contribution in [2.24, 2.45) is 0 Å². The van der Waals surface area contributed by atoms with Crippen molar-refractivity contribution < 1.29 is 33.6 Å². The van der Waals surface area contributed by atoms with Crippen LogP contribution in [-0.2, 0) is 37.1 Å². The molecule has 2 N–H and O–H groups in total. The number of nitrogens with zero attached hydrogens (tertiary/aromatic N) is 3. The quantitative estimate of drug-likeness (QED) is 0.259. The van der Waals surface area contributed by atoms with Gasteiger partial charge in [-0.1, -0.05) is 57.6 Å². The Morgan fingerprint density at radius 2 is 1.15 bits per heavy atom. The second-order valence-corrected chi connectivity index (χ2v) is 13.0. The molecule has 48 heavy (non-hydrogen) atoms. The van der Waals surface area contributed by atoms with Crippen LogP contribution in [0.3, 0.4) is 0 Å². The van der Waals surface area contributed by atoms with Crippen LogP contribution in [0.5, 0.6) is 0 Å². The number of amides is 7. The van der Waals surface area contributed by atoms with E-state index in [0.29, 0.717) is 40.0 Å². The van der Waals surface area contributed by atoms with Crippen molar-refractivity contribution in [2.45, 2.75) is 109 Å². The summed E-state index contributed by atoms with van der Waals surface area (Å²) in [6, 6.07) is 8.69. The molecule has 0 spiro atoms. The van der Waals surface area contributed by atoms with Gasteiger partial charge < -0.3 is 9.80 Å². The van der Waals surface area contributed by atoms with Gasteiger partial charge >= 0.3 is 0 Å². The number of hydrogen-bond donors (Lipinski definition) is 2. The minimum Gasteiger partial charge on any atom is -0.322 e. The van der Waals surface area contributed by atoms with E-state index in [1.165, 1.54) is 16.2 Å². The van der Waals surface area contributed by atoms with Gasteiger partial charge in [-0.2, -0.15) is 0 Å². The second kappa shape index (κ2) is 14.1. The number of nitrogens with one attached hydrogen (secondary N) is 2. The van der Waals surface area contributed by atoms with Crippen LogP contribution in [0.2, 0.25) is 0 Å². The molecule has 2 unspecified atom stereocenters. The molecule has 12 heteroatoms. The van der Waals surface area contributed by atoms with Crippen molar-refractivity contribution in [1.29, 1.82) is 0 Å². The fourth-order valence-corrected chi connectivity index (χ4v) is 7.30. The van der Waals surface area contributed by atoms with Crippen molar-refractivity contribution >= 4 is 52.7 Å². The first-order valence-electron chi connectivity index (χ1n) is 17.1. The molecule has 0 aromatic heterocycles. The van der Waals surface area contributed by atoms with Gasteiger partial charge in [0.1, 0.15) is 12.1 Å². The van der Waals surface area contributed by atoms with Gasteiger partial charge in [-0.05, 0) is 43.5 Å². The van der Waals surface area contributed by atoms with Gasteiger partial charge in [0.05, 0.1) is 11.4 Å². The number of anilines is 2. The molecule has 0 radical (unpaired) electrons. The molecule has 2 saturated heterocycles. The number of unbranched alkanes of at least 4 members (excludes halogenated alkanes) is 6. The van der Waals surface area contributed by atoms with E-state index in [1.807, 2.05) is 0 Å². The zero-order valence-electron chi connectivity index (χ0n) is 27.2. The highest BCUT2D eigenvalue weighted by atomic mass is 16.2. The summed E-state index contributed by atoms with van der Waals surface area (Å²) in [5.74, 6) is -2.67. The summed E-state index contributed by atoms with van der Waals surface area (Å²) in [5, 5.41) is 4.66. The lowest BCUT2D eigenvalue weighted by Gasteiger charge is -2.30. The summed E-state index contributed by atoms with van der Waals surface area (Å²) >= 11 is 0. The van der Waals surface area contributed by atoms with Gasteiger partial charge in [0, 0.05) is 54.6 Å². The van der Waals surface area contributed by atoms with Crippen LogP contribution in [0.1, 0.15) is 116 Å². The second-order valence-electron chi connectivity index (χ2n) is 13.0. The zero-order chi connectivity index (χ0) is 33.9. The number of hydrogen-bond acceptors (Lipinski definition) is 7. The third-order valence-electron chi connectivity index (χ3n) is 9.84. The lowest BCUT2D eigenvalue weighted by atomic mass is 10.0. The topological polar surface area (TPSA) is 153 Å². The highest BCUT2D eigenvalue weighted by Gasteiger charge is 2.43. The summed E-state index contributed by atoms with van der Waals surface area (Å²) in [6.45, 7) is 2.32. The minimum atomic E-state index is -0.812. The molecular weight excluding hydrogens is 614 g/mol. The molecule has 12 nitrogen and oxygen atoms in total. The van der Waals surface area contributed by atoms with Crippen LogP contribution in [0, 0.1) is 0 Å². The molecule has 0 bridgehead atoms. The molecule has 6 rings (SSSR count). The molecule has 7 amide bonds. The molecule has 4 aliphatic heterocycles. The maximum atomic E-state index is 14.3. The zero-order valence-corrected chi connectivity index (χ0v) is 27.2. The fourth-order valence-electron chi connectivity index (χ4n) is 7.30. The Balaban J connectivity index is 1.33. The first-order chi connectivity index (χ1) is 23.2. The maximum absolute atomic E-state index is 14.3. The maximum Gasteiger partial charge on any atom is 0.255 e. The van der Waals surface area contributed by atoms with Crippen LogP contribution >= 0.6 is 0 Å². The Hall–Kier alpha value is -4.87. The van der Waals surface area contributed by atoms with Gasteiger partial charge in [0.15, 0.2) is 0 Å². The van der Waals surface area contributed by atoms with E-state index in [9.17, 15) is 33.6 Å². The van der Waals surface area contributed by atoms with Crippen molar-refractivity contribution in [3.8, 4) is 0 Å². The Bertz CT molecular complexity index is 1580. The summed E-state index contributed by atoms with van der Waals surface area (Å²) in [7, 11) is 0. The third-order valence-corrected chi connectivity index (χ3v) is 9.84. The van der Waals surface area contributed by atoms with Gasteiger partial charge in [-0.3, -0.25) is 49.1 Å². The SMILES string of the molecule is CCCCCCCCCC(=O)N(c1cccc2c1CN(C1CCC(=O)NC1=O)C2=O)c1cccc2c1CN(C1CCC(=O)NC1=O)C2=O. The molecule has 2 aromatic carbocycles. The normalized spacial score (nSPS) is 20.5. The summed E-state index contributed by atoms with van der Waals surface area (Å²) in [4.78, 5) is 95.3. The fraction of sp³-hybridized carbons (Fsp3) is 0.472. The van der Waals surface area contributed by atoms with E-state index in [0.717, 1.165) is 32.1 Å². The van der Waals surface area contributed by atoms with Crippen molar-refractivity contribution in [1.82, 2.24) is 20.4 Å². The number of imide groups is 2. The van der Waals surface area contributed by atoms with E-state index in [-0.39, 0.29) is 74.7 Å². The predicted octanol–water partition coefficient (Wildman–Crippen LogP) is 4.01. The number of fused-ring (bicyclic) bond motifs is 2. The summed E-state index contributed by atoms with van der Waals surface area (Å²) < 4.78 is 0. The van der Waals surface area contributed by atoms with Crippen LogP contribution in [0.15, 0.2) is 36.4 Å². The molecule has 252 valence electrons. The van der Waals surface area contributed by atoms with E-state index in [2.05, 4.69) is 17.6 Å². The lowest BCUT2D eigenvalue weighted by Crippen LogP contribution is -2.52. The number of piperidine rings is 2. The molecular formula is C36H41N5O7. The molecule has 4 aliphatic rings. The Labute approximate surface area is 279 Å². The Morgan fingerprint density at radius 3 is 1.60 bits per heavy atom. The largest absolute Gasteiger partial charge is 0.322 e. The molecule has 0 saturated carbocycles. The highest BCUT2D eigenvalue weighted by molar-refractivity contribution is 6.11. The van der Waals surface area contributed by atoms with Crippen LogP contribution in [0.4, 0.5) is 11.4 Å². The van der Waals surface area contributed by atoms with Gasteiger partial charge in [-0.25, -0.2) is 0 Å².